The lowest BCUT2D eigenvalue weighted by molar-refractivity contribution is -0.116. The van der Waals surface area contributed by atoms with E-state index in [1.54, 1.807) is 33.8 Å². The molecule has 0 aromatic carbocycles. The van der Waals surface area contributed by atoms with Crippen molar-refractivity contribution in [1.29, 1.82) is 0 Å². The van der Waals surface area contributed by atoms with Crippen LogP contribution in [-0.2, 0) is 26.1 Å². The summed E-state index contributed by atoms with van der Waals surface area (Å²) in [5, 5.41) is 3.06. The van der Waals surface area contributed by atoms with Gasteiger partial charge in [-0.05, 0) is 31.5 Å². The lowest BCUT2D eigenvalue weighted by Gasteiger charge is -2.19. The number of pyridine rings is 1. The zero-order chi connectivity index (χ0) is 22.5. The molecule has 0 aliphatic carbocycles. The maximum Gasteiger partial charge on any atom is 0.348 e. The third-order valence-corrected chi connectivity index (χ3v) is 7.42. The molecule has 0 unspecified atom stereocenters. The number of nitrogens with zero attached hydrogens (tertiary/aromatic N) is 2. The van der Waals surface area contributed by atoms with Crippen LogP contribution in [0.4, 0.5) is 5.00 Å². The van der Waals surface area contributed by atoms with E-state index in [-0.39, 0.29) is 18.0 Å². The van der Waals surface area contributed by atoms with Gasteiger partial charge in [0, 0.05) is 25.4 Å². The molecule has 2 heterocycles. The van der Waals surface area contributed by atoms with E-state index in [0.717, 1.165) is 22.0 Å². The second-order valence-electron chi connectivity index (χ2n) is 6.31. The molecule has 0 saturated carbocycles. The molecule has 1 N–H and O–H groups in total. The van der Waals surface area contributed by atoms with Crippen LogP contribution in [0.2, 0.25) is 0 Å². The summed E-state index contributed by atoms with van der Waals surface area (Å²) in [6, 6.07) is 4.00. The van der Waals surface area contributed by atoms with Crippen molar-refractivity contribution in [2.24, 2.45) is 0 Å². The lowest BCUT2D eigenvalue weighted by atomic mass is 10.3. The van der Waals surface area contributed by atoms with Crippen molar-refractivity contribution in [3.63, 3.8) is 0 Å². The second kappa shape index (κ2) is 10.0. The van der Waals surface area contributed by atoms with Crippen LogP contribution in [0.25, 0.3) is 0 Å². The van der Waals surface area contributed by atoms with E-state index in [2.05, 4.69) is 5.32 Å². The third kappa shape index (κ3) is 5.35. The Hall–Kier alpha value is -2.50. The lowest BCUT2D eigenvalue weighted by Crippen LogP contribution is -2.32. The molecule has 2 aromatic rings. The molecule has 0 radical (unpaired) electrons. The highest BCUT2D eigenvalue weighted by Crippen LogP contribution is 2.27. The number of nitrogens with one attached hydrogen (secondary N) is 1. The molecular weight excluding hydrogens is 430 g/mol. The summed E-state index contributed by atoms with van der Waals surface area (Å²) in [6.45, 7) is 7.33. The average molecular weight is 456 g/mol. The van der Waals surface area contributed by atoms with Gasteiger partial charge < -0.3 is 14.6 Å². The summed E-state index contributed by atoms with van der Waals surface area (Å²) in [5.41, 5.74) is 0.163. The minimum absolute atomic E-state index is 0.0600. The maximum atomic E-state index is 12.7. The first-order valence-corrected chi connectivity index (χ1v) is 11.7. The van der Waals surface area contributed by atoms with E-state index >= 15 is 0 Å². The van der Waals surface area contributed by atoms with Crippen molar-refractivity contribution in [2.45, 2.75) is 39.1 Å². The molecule has 164 valence electrons. The first kappa shape index (κ1) is 23.8. The standard InChI is InChI=1S/C19H25N3O6S2/c1-5-22(6-2)30(26,27)14-8-9-17(24)21(11-14)12-15(23)20-16-10-13(4)18(29-16)19(25)28-7-3/h8-11H,5-7,12H2,1-4H3,(H,20,23). The van der Waals surface area contributed by atoms with Crippen LogP contribution in [0.5, 0.6) is 0 Å². The molecule has 2 rings (SSSR count). The first-order valence-electron chi connectivity index (χ1n) is 9.42. The van der Waals surface area contributed by atoms with Gasteiger partial charge in [0.15, 0.2) is 0 Å². The first-order chi connectivity index (χ1) is 14.1. The molecule has 0 aliphatic heterocycles. The van der Waals surface area contributed by atoms with Crippen LogP contribution in [0.3, 0.4) is 0 Å². The van der Waals surface area contributed by atoms with Crippen LogP contribution in [0.1, 0.15) is 36.0 Å². The number of amides is 1. The van der Waals surface area contributed by atoms with Crippen molar-refractivity contribution in [1.82, 2.24) is 8.87 Å². The summed E-state index contributed by atoms with van der Waals surface area (Å²) in [4.78, 5) is 36.8. The maximum absolute atomic E-state index is 12.7. The number of hydrogen-bond donors (Lipinski definition) is 1. The zero-order valence-electron chi connectivity index (χ0n) is 17.3. The van der Waals surface area contributed by atoms with Crippen molar-refractivity contribution in [3.8, 4) is 0 Å². The molecule has 30 heavy (non-hydrogen) atoms. The Kier molecular flexibility index (Phi) is 7.93. The molecule has 1 amide bonds. The Labute approximate surface area is 179 Å². The van der Waals surface area contributed by atoms with Gasteiger partial charge in [-0.2, -0.15) is 4.31 Å². The summed E-state index contributed by atoms with van der Waals surface area (Å²) < 4.78 is 32.6. The quantitative estimate of drug-likeness (QED) is 0.579. The van der Waals surface area contributed by atoms with Gasteiger partial charge in [-0.25, -0.2) is 13.2 Å². The van der Waals surface area contributed by atoms with Gasteiger partial charge in [-0.1, -0.05) is 13.8 Å². The molecule has 2 aromatic heterocycles. The number of ether oxygens (including phenoxy) is 1. The van der Waals surface area contributed by atoms with Crippen LogP contribution < -0.4 is 10.9 Å². The van der Waals surface area contributed by atoms with Gasteiger partial charge in [-0.3, -0.25) is 9.59 Å². The number of thiophene rings is 1. The number of sulfonamides is 1. The minimum atomic E-state index is -3.76. The van der Waals surface area contributed by atoms with E-state index in [9.17, 15) is 22.8 Å². The number of esters is 1. The highest BCUT2D eigenvalue weighted by Gasteiger charge is 2.23. The topological polar surface area (TPSA) is 115 Å². The van der Waals surface area contributed by atoms with Gasteiger partial charge in [0.2, 0.25) is 15.9 Å². The molecule has 0 bridgehead atoms. The molecule has 9 nitrogen and oxygen atoms in total. The Morgan fingerprint density at radius 1 is 1.20 bits per heavy atom. The van der Waals surface area contributed by atoms with E-state index < -0.39 is 27.5 Å². The number of anilines is 1. The summed E-state index contributed by atoms with van der Waals surface area (Å²) in [6.07, 6.45) is 1.17. The van der Waals surface area contributed by atoms with Crippen molar-refractivity contribution < 1.29 is 22.7 Å². The second-order valence-corrected chi connectivity index (χ2v) is 9.30. The van der Waals surface area contributed by atoms with Crippen LogP contribution in [0.15, 0.2) is 34.1 Å². The van der Waals surface area contributed by atoms with E-state index in [4.69, 9.17) is 4.74 Å². The Bertz CT molecular complexity index is 1080. The fraction of sp³-hybridized carbons (Fsp3) is 0.421. The molecule has 11 heteroatoms. The molecule has 0 aliphatic rings. The highest BCUT2D eigenvalue weighted by molar-refractivity contribution is 7.89. The summed E-state index contributed by atoms with van der Waals surface area (Å²) in [7, 11) is -3.76. The van der Waals surface area contributed by atoms with Gasteiger partial charge in [-0.15, -0.1) is 11.3 Å². The zero-order valence-corrected chi connectivity index (χ0v) is 18.9. The van der Waals surface area contributed by atoms with Crippen LogP contribution in [-0.4, -0.2) is 48.9 Å². The molecule has 0 saturated heterocycles. The Balaban J connectivity index is 2.21. The predicted octanol–water partition coefficient (Wildman–Crippen LogP) is 2.06. The third-order valence-electron chi connectivity index (χ3n) is 4.25. The average Bonchev–Trinajstić information content (AvgIpc) is 3.04. The number of carbonyl (C=O) groups excluding carboxylic acids is 2. The number of aromatic nitrogens is 1. The highest BCUT2D eigenvalue weighted by atomic mass is 32.2. The van der Waals surface area contributed by atoms with Gasteiger partial charge in [0.1, 0.15) is 11.4 Å². The van der Waals surface area contributed by atoms with E-state index in [1.165, 1.54) is 16.6 Å². The minimum Gasteiger partial charge on any atom is -0.462 e. The Morgan fingerprint density at radius 3 is 2.47 bits per heavy atom. The largest absolute Gasteiger partial charge is 0.462 e. The number of aryl methyl sites for hydroxylation is 1. The summed E-state index contributed by atoms with van der Waals surface area (Å²) in [5.74, 6) is -0.989. The van der Waals surface area contributed by atoms with Gasteiger partial charge in [0.25, 0.3) is 5.56 Å². The van der Waals surface area contributed by atoms with Gasteiger partial charge >= 0.3 is 5.97 Å². The molecule has 0 atom stereocenters. The van der Waals surface area contributed by atoms with Crippen molar-refractivity contribution in [3.05, 3.63) is 45.2 Å². The normalized spacial score (nSPS) is 11.5. The molecular formula is C19H25N3O6S2. The fourth-order valence-electron chi connectivity index (χ4n) is 2.77. The smallest absolute Gasteiger partial charge is 0.348 e. The van der Waals surface area contributed by atoms with Gasteiger partial charge in [0.05, 0.1) is 16.5 Å². The van der Waals surface area contributed by atoms with Crippen molar-refractivity contribution in [2.75, 3.05) is 25.0 Å². The predicted molar refractivity (Wildman–Crippen MR) is 114 cm³/mol. The molecule has 0 fully saturated rings. The number of carbonyl (C=O) groups is 2. The van der Waals surface area contributed by atoms with Crippen LogP contribution in [0, 0.1) is 6.92 Å². The number of rotatable bonds is 9. The van der Waals surface area contributed by atoms with Crippen LogP contribution >= 0.6 is 11.3 Å². The Morgan fingerprint density at radius 2 is 1.87 bits per heavy atom. The van der Waals surface area contributed by atoms with E-state index in [0.29, 0.717) is 28.5 Å². The SMILES string of the molecule is CCOC(=O)c1sc(NC(=O)Cn2cc(S(=O)(=O)N(CC)CC)ccc2=O)cc1C. The fourth-order valence-corrected chi connectivity index (χ4v) is 5.23. The summed E-state index contributed by atoms with van der Waals surface area (Å²) >= 11 is 1.07. The molecule has 0 spiro atoms. The number of hydrogen-bond acceptors (Lipinski definition) is 7. The van der Waals surface area contributed by atoms with E-state index in [1.807, 2.05) is 0 Å². The monoisotopic (exact) mass is 455 g/mol. The van der Waals surface area contributed by atoms with Crippen molar-refractivity contribution >= 4 is 38.2 Å².